The summed E-state index contributed by atoms with van der Waals surface area (Å²) >= 11 is 5.48. The van der Waals surface area contributed by atoms with Crippen LogP contribution < -0.4 is 0 Å². The number of nitrogens with zero attached hydrogens (tertiary/aromatic N) is 1. The van der Waals surface area contributed by atoms with Gasteiger partial charge in [0.15, 0.2) is 5.84 Å². The first-order valence-corrected chi connectivity index (χ1v) is 2.74. The average Bonchev–Trinajstić information content (AvgIpc) is 1.98. The molecule has 0 unspecified atom stereocenters. The Morgan fingerprint density at radius 2 is 2.33 bits per heavy atom. The number of ketones is 1. The van der Waals surface area contributed by atoms with Gasteiger partial charge in [0.25, 0.3) is 0 Å². The van der Waals surface area contributed by atoms with Crippen LogP contribution in [0, 0.1) is 5.41 Å². The maximum atomic E-state index is 10.6. The van der Waals surface area contributed by atoms with E-state index >= 15 is 0 Å². The number of nitrogens with one attached hydrogen (secondary N) is 1. The summed E-state index contributed by atoms with van der Waals surface area (Å²) in [5.41, 5.74) is 0. The molecular weight excluding hydrogens is 140 g/mol. The number of carbonyl (C=O) groups excluding carboxylic acids is 1. The van der Waals surface area contributed by atoms with Gasteiger partial charge < -0.3 is 4.90 Å². The largest absolute Gasteiger partial charge is 0.317 e. The van der Waals surface area contributed by atoms with Gasteiger partial charge in [0.1, 0.15) is 5.16 Å². The Hall–Kier alpha value is -0.830. The predicted octanol–water partition coefficient (Wildman–Crippen LogP) is 0.558. The van der Waals surface area contributed by atoms with E-state index in [9.17, 15) is 4.79 Å². The van der Waals surface area contributed by atoms with E-state index in [1.807, 2.05) is 0 Å². The van der Waals surface area contributed by atoms with Gasteiger partial charge in [-0.3, -0.25) is 10.2 Å². The summed E-state index contributed by atoms with van der Waals surface area (Å²) in [5, 5.41) is 7.34. The van der Waals surface area contributed by atoms with Crippen molar-refractivity contribution in [2.75, 3.05) is 7.05 Å². The van der Waals surface area contributed by atoms with Crippen LogP contribution in [0.3, 0.4) is 0 Å². The molecule has 0 amide bonds. The van der Waals surface area contributed by atoms with Crippen LogP contribution >= 0.6 is 11.6 Å². The van der Waals surface area contributed by atoms with Crippen LogP contribution in [0.4, 0.5) is 0 Å². The number of amidine groups is 1. The Morgan fingerprint density at radius 1 is 1.78 bits per heavy atom. The zero-order valence-electron chi connectivity index (χ0n) is 4.81. The van der Waals surface area contributed by atoms with Gasteiger partial charge in [-0.2, -0.15) is 0 Å². The highest BCUT2D eigenvalue weighted by molar-refractivity contribution is 6.49. The molecule has 1 heterocycles. The SMILES string of the molecule is CN1C(=N)C(=O)C=C1Cl. The Balaban J connectivity index is 2.95. The summed E-state index contributed by atoms with van der Waals surface area (Å²) in [4.78, 5) is 11.9. The number of hydrogen-bond donors (Lipinski definition) is 1. The highest BCUT2D eigenvalue weighted by atomic mass is 35.5. The number of carbonyl (C=O) groups is 1. The van der Waals surface area contributed by atoms with Gasteiger partial charge in [0.2, 0.25) is 5.78 Å². The van der Waals surface area contributed by atoms with Crippen molar-refractivity contribution < 1.29 is 4.79 Å². The molecule has 1 rings (SSSR count). The zero-order chi connectivity index (χ0) is 7.02. The number of likely N-dealkylation sites (N-methyl/N-ethyl adjacent to an activating group) is 1. The summed E-state index contributed by atoms with van der Waals surface area (Å²) in [7, 11) is 1.58. The molecule has 0 aromatic rings. The molecule has 1 aliphatic rings. The van der Waals surface area contributed by atoms with Crippen molar-refractivity contribution >= 4 is 23.2 Å². The van der Waals surface area contributed by atoms with E-state index in [4.69, 9.17) is 17.0 Å². The fraction of sp³-hybridized carbons (Fsp3) is 0.200. The van der Waals surface area contributed by atoms with Gasteiger partial charge in [-0.25, -0.2) is 0 Å². The molecular formula is C5H5ClN2O. The third-order valence-corrected chi connectivity index (χ3v) is 1.50. The Kier molecular flexibility index (Phi) is 1.29. The molecule has 0 radical (unpaired) electrons. The fourth-order valence-corrected chi connectivity index (χ4v) is 0.729. The molecule has 0 spiro atoms. The lowest BCUT2D eigenvalue weighted by atomic mass is 10.4. The van der Waals surface area contributed by atoms with E-state index in [1.165, 1.54) is 11.0 Å². The second-order valence-corrected chi connectivity index (χ2v) is 2.13. The second kappa shape index (κ2) is 1.84. The zero-order valence-corrected chi connectivity index (χ0v) is 5.57. The summed E-state index contributed by atoms with van der Waals surface area (Å²) in [6, 6.07) is 0. The number of halogens is 1. The molecule has 0 aromatic heterocycles. The van der Waals surface area contributed by atoms with E-state index < -0.39 is 0 Å². The minimum absolute atomic E-state index is 0.0694. The smallest absolute Gasteiger partial charge is 0.223 e. The summed E-state index contributed by atoms with van der Waals surface area (Å²) in [6.45, 7) is 0. The van der Waals surface area contributed by atoms with Crippen molar-refractivity contribution in [3.63, 3.8) is 0 Å². The Bertz CT molecular complexity index is 209. The van der Waals surface area contributed by atoms with Crippen molar-refractivity contribution in [3.8, 4) is 0 Å². The Morgan fingerprint density at radius 3 is 2.44 bits per heavy atom. The molecule has 0 aromatic carbocycles. The van der Waals surface area contributed by atoms with Gasteiger partial charge >= 0.3 is 0 Å². The third-order valence-electron chi connectivity index (χ3n) is 1.14. The van der Waals surface area contributed by atoms with E-state index in [-0.39, 0.29) is 11.6 Å². The molecule has 1 N–H and O–H groups in total. The molecule has 3 nitrogen and oxygen atoms in total. The molecule has 48 valence electrons. The average molecular weight is 145 g/mol. The maximum Gasteiger partial charge on any atom is 0.223 e. The van der Waals surface area contributed by atoms with Crippen LogP contribution in [0.1, 0.15) is 0 Å². The molecule has 1 aliphatic heterocycles. The highest BCUT2D eigenvalue weighted by Crippen LogP contribution is 2.14. The van der Waals surface area contributed by atoms with Crippen molar-refractivity contribution in [3.05, 3.63) is 11.2 Å². The lowest BCUT2D eigenvalue weighted by Gasteiger charge is -2.07. The van der Waals surface area contributed by atoms with Crippen molar-refractivity contribution in [2.45, 2.75) is 0 Å². The first-order valence-electron chi connectivity index (χ1n) is 2.36. The molecule has 0 fully saturated rings. The van der Waals surface area contributed by atoms with Crippen molar-refractivity contribution in [1.82, 2.24) is 4.90 Å². The fourth-order valence-electron chi connectivity index (χ4n) is 0.545. The number of rotatable bonds is 0. The normalized spacial score (nSPS) is 18.9. The van der Waals surface area contributed by atoms with Crippen LogP contribution in [-0.2, 0) is 4.79 Å². The topological polar surface area (TPSA) is 44.2 Å². The van der Waals surface area contributed by atoms with Crippen LogP contribution in [-0.4, -0.2) is 23.6 Å². The van der Waals surface area contributed by atoms with Crippen LogP contribution in [0.5, 0.6) is 0 Å². The van der Waals surface area contributed by atoms with Gasteiger partial charge in [-0.1, -0.05) is 11.6 Å². The molecule has 0 saturated heterocycles. The highest BCUT2D eigenvalue weighted by Gasteiger charge is 2.22. The molecule has 0 atom stereocenters. The number of hydrogen-bond acceptors (Lipinski definition) is 2. The predicted molar refractivity (Wildman–Crippen MR) is 34.4 cm³/mol. The standard InChI is InChI=1S/C5H5ClN2O/c1-8-4(6)2-3(9)5(8)7/h2,7H,1H3. The van der Waals surface area contributed by atoms with Gasteiger partial charge in [-0.05, 0) is 0 Å². The second-order valence-electron chi connectivity index (χ2n) is 1.74. The lowest BCUT2D eigenvalue weighted by molar-refractivity contribution is -0.109. The molecule has 0 saturated carbocycles. The first-order chi connectivity index (χ1) is 4.13. The molecule has 0 aliphatic carbocycles. The van der Waals surface area contributed by atoms with Crippen LogP contribution in [0.15, 0.2) is 11.2 Å². The monoisotopic (exact) mass is 144 g/mol. The Labute approximate surface area is 57.4 Å². The van der Waals surface area contributed by atoms with Crippen molar-refractivity contribution in [1.29, 1.82) is 5.41 Å². The van der Waals surface area contributed by atoms with Gasteiger partial charge in [0.05, 0.1) is 0 Å². The molecule has 9 heavy (non-hydrogen) atoms. The summed E-state index contributed by atoms with van der Waals surface area (Å²) in [6.07, 6.45) is 1.23. The summed E-state index contributed by atoms with van der Waals surface area (Å²) < 4.78 is 0. The maximum absolute atomic E-state index is 10.6. The van der Waals surface area contributed by atoms with E-state index in [0.717, 1.165) is 0 Å². The van der Waals surface area contributed by atoms with Crippen LogP contribution in [0.25, 0.3) is 0 Å². The minimum atomic E-state index is -0.331. The van der Waals surface area contributed by atoms with Gasteiger partial charge in [-0.15, -0.1) is 0 Å². The van der Waals surface area contributed by atoms with Crippen LogP contribution in [0.2, 0.25) is 0 Å². The third kappa shape index (κ3) is 0.833. The minimum Gasteiger partial charge on any atom is -0.317 e. The van der Waals surface area contributed by atoms with E-state index in [2.05, 4.69) is 0 Å². The van der Waals surface area contributed by atoms with Crippen molar-refractivity contribution in [2.24, 2.45) is 0 Å². The van der Waals surface area contributed by atoms with Gasteiger partial charge in [0, 0.05) is 13.1 Å². The molecule has 4 heteroatoms. The summed E-state index contributed by atoms with van der Waals surface area (Å²) in [5.74, 6) is -0.400. The molecule has 0 bridgehead atoms. The first kappa shape index (κ1) is 6.29. The van der Waals surface area contributed by atoms with E-state index in [0.29, 0.717) is 5.16 Å². The van der Waals surface area contributed by atoms with E-state index in [1.54, 1.807) is 7.05 Å². The quantitative estimate of drug-likeness (QED) is 0.505. The lowest BCUT2D eigenvalue weighted by Crippen LogP contribution is -2.22.